The van der Waals surface area contributed by atoms with Crippen LogP contribution in [0.3, 0.4) is 0 Å². The average molecular weight is 191 g/mol. The molecule has 0 aliphatic heterocycles. The number of hydrogen-bond donors (Lipinski definition) is 1. The summed E-state index contributed by atoms with van der Waals surface area (Å²) in [7, 11) is 0. The zero-order valence-corrected chi connectivity index (χ0v) is 8.32. The molecule has 0 radical (unpaired) electrons. The van der Waals surface area contributed by atoms with Gasteiger partial charge in [0.2, 0.25) is 0 Å². The molecule has 0 aliphatic carbocycles. The van der Waals surface area contributed by atoms with Gasteiger partial charge in [-0.1, -0.05) is 12.2 Å². The molecule has 1 N–H and O–H groups in total. The SMILES string of the molecule is C/C=C/CNC(=O)c1cnc(C)nc1. The zero-order valence-electron chi connectivity index (χ0n) is 8.32. The lowest BCUT2D eigenvalue weighted by molar-refractivity contribution is 0.0957. The summed E-state index contributed by atoms with van der Waals surface area (Å²) in [6.45, 7) is 4.21. The number of amides is 1. The second-order valence-corrected chi connectivity index (χ2v) is 2.80. The van der Waals surface area contributed by atoms with Crippen LogP contribution in [-0.2, 0) is 0 Å². The van der Waals surface area contributed by atoms with Crippen molar-refractivity contribution in [3.63, 3.8) is 0 Å². The topological polar surface area (TPSA) is 54.9 Å². The Morgan fingerprint density at radius 3 is 2.71 bits per heavy atom. The third-order valence-corrected chi connectivity index (χ3v) is 1.66. The molecule has 0 atom stereocenters. The molecule has 0 spiro atoms. The Kier molecular flexibility index (Phi) is 3.79. The molecule has 1 aromatic heterocycles. The molecule has 0 saturated carbocycles. The summed E-state index contributed by atoms with van der Waals surface area (Å²) in [5, 5.41) is 2.71. The van der Waals surface area contributed by atoms with Gasteiger partial charge in [-0.3, -0.25) is 4.79 Å². The maximum Gasteiger partial charge on any atom is 0.254 e. The molecule has 0 fully saturated rings. The standard InChI is InChI=1S/C10H13N3O/c1-3-4-5-11-10(14)9-6-12-8(2)13-7-9/h3-4,6-7H,5H2,1-2H3,(H,11,14)/b4-3+. The van der Waals surface area contributed by atoms with Gasteiger partial charge in [-0.2, -0.15) is 0 Å². The van der Waals surface area contributed by atoms with Gasteiger partial charge in [0, 0.05) is 18.9 Å². The highest BCUT2D eigenvalue weighted by atomic mass is 16.1. The first-order valence-corrected chi connectivity index (χ1v) is 4.42. The number of aromatic nitrogens is 2. The van der Waals surface area contributed by atoms with Crippen molar-refractivity contribution in [1.29, 1.82) is 0 Å². The van der Waals surface area contributed by atoms with E-state index in [2.05, 4.69) is 15.3 Å². The van der Waals surface area contributed by atoms with Gasteiger partial charge < -0.3 is 5.32 Å². The van der Waals surface area contributed by atoms with E-state index in [1.807, 2.05) is 19.1 Å². The van der Waals surface area contributed by atoms with E-state index in [-0.39, 0.29) is 5.91 Å². The first-order valence-electron chi connectivity index (χ1n) is 4.42. The molecular formula is C10H13N3O. The van der Waals surface area contributed by atoms with Crippen molar-refractivity contribution in [1.82, 2.24) is 15.3 Å². The minimum Gasteiger partial charge on any atom is -0.348 e. The number of aryl methyl sites for hydroxylation is 1. The molecular weight excluding hydrogens is 178 g/mol. The summed E-state index contributed by atoms with van der Waals surface area (Å²) in [5.74, 6) is 0.512. The second-order valence-electron chi connectivity index (χ2n) is 2.80. The molecule has 74 valence electrons. The van der Waals surface area contributed by atoms with Gasteiger partial charge in [-0.25, -0.2) is 9.97 Å². The Bertz CT molecular complexity index is 330. The third-order valence-electron chi connectivity index (χ3n) is 1.66. The molecule has 1 amide bonds. The lowest BCUT2D eigenvalue weighted by Crippen LogP contribution is -2.23. The van der Waals surface area contributed by atoms with Crippen molar-refractivity contribution in [2.45, 2.75) is 13.8 Å². The smallest absolute Gasteiger partial charge is 0.254 e. The minimum absolute atomic E-state index is 0.150. The highest BCUT2D eigenvalue weighted by molar-refractivity contribution is 5.93. The molecule has 4 nitrogen and oxygen atoms in total. The van der Waals surface area contributed by atoms with Crippen molar-refractivity contribution >= 4 is 5.91 Å². The lowest BCUT2D eigenvalue weighted by Gasteiger charge is -2.00. The number of nitrogens with zero attached hydrogens (tertiary/aromatic N) is 2. The van der Waals surface area contributed by atoms with Gasteiger partial charge in [0.05, 0.1) is 5.56 Å². The third kappa shape index (κ3) is 2.97. The summed E-state index contributed by atoms with van der Waals surface area (Å²) in [6, 6.07) is 0. The highest BCUT2D eigenvalue weighted by Gasteiger charge is 2.03. The number of nitrogens with one attached hydrogen (secondary N) is 1. The Balaban J connectivity index is 2.56. The molecule has 1 aromatic rings. The summed E-state index contributed by atoms with van der Waals surface area (Å²) >= 11 is 0. The number of carbonyl (C=O) groups is 1. The monoisotopic (exact) mass is 191 g/mol. The first-order chi connectivity index (χ1) is 6.74. The molecule has 1 rings (SSSR count). The van der Waals surface area contributed by atoms with Crippen LogP contribution in [0.4, 0.5) is 0 Å². The largest absolute Gasteiger partial charge is 0.348 e. The van der Waals surface area contributed by atoms with Gasteiger partial charge in [-0.15, -0.1) is 0 Å². The molecule has 0 aromatic carbocycles. The van der Waals surface area contributed by atoms with Crippen LogP contribution in [0, 0.1) is 6.92 Å². The Labute approximate surface area is 83.1 Å². The molecule has 0 bridgehead atoms. The van der Waals surface area contributed by atoms with Crippen molar-refractivity contribution in [3.05, 3.63) is 35.9 Å². The fraction of sp³-hybridized carbons (Fsp3) is 0.300. The van der Waals surface area contributed by atoms with Crippen LogP contribution >= 0.6 is 0 Å². The van der Waals surface area contributed by atoms with E-state index in [0.29, 0.717) is 17.9 Å². The minimum atomic E-state index is -0.150. The van der Waals surface area contributed by atoms with E-state index >= 15 is 0 Å². The van der Waals surface area contributed by atoms with Crippen molar-refractivity contribution in [3.8, 4) is 0 Å². The number of allylic oxidation sites excluding steroid dienone is 1. The van der Waals surface area contributed by atoms with Crippen LogP contribution in [0.2, 0.25) is 0 Å². The molecule has 14 heavy (non-hydrogen) atoms. The quantitative estimate of drug-likeness (QED) is 0.728. The van der Waals surface area contributed by atoms with Gasteiger partial charge in [0.25, 0.3) is 5.91 Å². The Morgan fingerprint density at radius 1 is 1.50 bits per heavy atom. The van der Waals surface area contributed by atoms with E-state index in [4.69, 9.17) is 0 Å². The van der Waals surface area contributed by atoms with Crippen LogP contribution in [0.25, 0.3) is 0 Å². The van der Waals surface area contributed by atoms with Crippen LogP contribution in [0.5, 0.6) is 0 Å². The normalized spacial score (nSPS) is 10.4. The maximum atomic E-state index is 11.4. The van der Waals surface area contributed by atoms with Crippen LogP contribution in [-0.4, -0.2) is 22.4 Å². The predicted molar refractivity (Wildman–Crippen MR) is 53.9 cm³/mol. The Morgan fingerprint density at radius 2 is 2.14 bits per heavy atom. The van der Waals surface area contributed by atoms with Crippen molar-refractivity contribution in [2.24, 2.45) is 0 Å². The van der Waals surface area contributed by atoms with E-state index in [0.717, 1.165) is 0 Å². The van der Waals surface area contributed by atoms with Crippen LogP contribution in [0.15, 0.2) is 24.5 Å². The van der Waals surface area contributed by atoms with E-state index in [1.54, 1.807) is 6.92 Å². The van der Waals surface area contributed by atoms with Crippen LogP contribution in [0.1, 0.15) is 23.1 Å². The fourth-order valence-corrected chi connectivity index (χ4v) is 0.881. The number of carbonyl (C=O) groups excluding carboxylic acids is 1. The van der Waals surface area contributed by atoms with Gasteiger partial charge in [-0.05, 0) is 13.8 Å². The molecule has 0 aliphatic rings. The molecule has 4 heteroatoms. The second kappa shape index (κ2) is 5.11. The van der Waals surface area contributed by atoms with Crippen molar-refractivity contribution < 1.29 is 4.79 Å². The summed E-state index contributed by atoms with van der Waals surface area (Å²) in [5.41, 5.74) is 0.486. The Hall–Kier alpha value is -1.71. The van der Waals surface area contributed by atoms with Gasteiger partial charge >= 0.3 is 0 Å². The lowest BCUT2D eigenvalue weighted by atomic mass is 10.3. The van der Waals surface area contributed by atoms with E-state index in [9.17, 15) is 4.79 Å². The van der Waals surface area contributed by atoms with Crippen LogP contribution < -0.4 is 5.32 Å². The fourth-order valence-electron chi connectivity index (χ4n) is 0.881. The maximum absolute atomic E-state index is 11.4. The summed E-state index contributed by atoms with van der Waals surface area (Å²) < 4.78 is 0. The summed E-state index contributed by atoms with van der Waals surface area (Å²) in [4.78, 5) is 19.3. The molecule has 0 saturated heterocycles. The highest BCUT2D eigenvalue weighted by Crippen LogP contribution is 1.94. The first kappa shape index (κ1) is 10.4. The molecule has 1 heterocycles. The number of rotatable bonds is 3. The van der Waals surface area contributed by atoms with Crippen molar-refractivity contribution in [2.75, 3.05) is 6.54 Å². The van der Waals surface area contributed by atoms with E-state index in [1.165, 1.54) is 12.4 Å². The average Bonchev–Trinajstić information content (AvgIpc) is 2.19. The van der Waals surface area contributed by atoms with E-state index < -0.39 is 0 Å². The zero-order chi connectivity index (χ0) is 10.4. The number of hydrogen-bond acceptors (Lipinski definition) is 3. The summed E-state index contributed by atoms with van der Waals surface area (Å²) in [6.07, 6.45) is 6.79. The predicted octanol–water partition coefficient (Wildman–Crippen LogP) is 1.09. The van der Waals surface area contributed by atoms with Gasteiger partial charge in [0.1, 0.15) is 5.82 Å². The van der Waals surface area contributed by atoms with Gasteiger partial charge in [0.15, 0.2) is 0 Å². The molecule has 0 unspecified atom stereocenters.